The van der Waals surface area contributed by atoms with Crippen molar-refractivity contribution in [3.63, 3.8) is 0 Å². The van der Waals surface area contributed by atoms with Crippen LogP contribution in [0.5, 0.6) is 0 Å². The molecule has 2 amide bonds. The maximum absolute atomic E-state index is 13.3. The molecule has 3 rings (SSSR count). The molecule has 0 aromatic carbocycles. The highest BCUT2D eigenvalue weighted by Crippen LogP contribution is 2.33. The lowest BCUT2D eigenvalue weighted by atomic mass is 9.82. The summed E-state index contributed by atoms with van der Waals surface area (Å²) in [6.45, 7) is 6.73. The Kier molecular flexibility index (Phi) is 13.0. The van der Waals surface area contributed by atoms with E-state index in [9.17, 15) is 37.5 Å². The summed E-state index contributed by atoms with van der Waals surface area (Å²) >= 11 is 1.13. The number of rotatable bonds is 16. The molecule has 0 saturated heterocycles. The van der Waals surface area contributed by atoms with E-state index in [0.717, 1.165) is 30.6 Å². The highest BCUT2D eigenvalue weighted by atomic mass is 32.1. The number of carbonyl (C=O) groups is 4. The van der Waals surface area contributed by atoms with E-state index < -0.39 is 47.6 Å². The van der Waals surface area contributed by atoms with E-state index in [0.29, 0.717) is 29.7 Å². The molecule has 2 aromatic rings. The molecule has 1 aliphatic carbocycles. The molecular weight excluding hydrogens is 627 g/mol. The fraction of sp³-hybridized carbons (Fsp3) is 0.645. The average Bonchev–Trinajstić information content (AvgIpc) is 3.45. The van der Waals surface area contributed by atoms with Gasteiger partial charge in [-0.15, -0.1) is 11.3 Å². The normalized spacial score (nSPS) is 16.2. The maximum atomic E-state index is 13.3. The van der Waals surface area contributed by atoms with Gasteiger partial charge in [-0.3, -0.25) is 19.2 Å². The van der Waals surface area contributed by atoms with Crippen molar-refractivity contribution in [3.05, 3.63) is 39.9 Å². The topological polar surface area (TPSA) is 152 Å². The highest BCUT2D eigenvalue weighted by molar-refractivity contribution is 7.09. The Morgan fingerprint density at radius 1 is 1.13 bits per heavy atom. The van der Waals surface area contributed by atoms with E-state index in [-0.39, 0.29) is 55.1 Å². The van der Waals surface area contributed by atoms with Crippen LogP contribution in [0.2, 0.25) is 0 Å². The lowest BCUT2D eigenvalue weighted by Gasteiger charge is -2.35. The number of thiazole rings is 1. The minimum absolute atomic E-state index is 0.0337. The van der Waals surface area contributed by atoms with Crippen molar-refractivity contribution >= 4 is 35.1 Å². The number of nitrogens with one attached hydrogen (secondary N) is 1. The van der Waals surface area contributed by atoms with Gasteiger partial charge in [0.15, 0.2) is 6.10 Å². The maximum Gasteiger partial charge on any atom is 0.419 e. The molecule has 4 atom stereocenters. The minimum atomic E-state index is -4.58. The Hall–Kier alpha value is -3.62. The fourth-order valence-electron chi connectivity index (χ4n) is 5.28. The van der Waals surface area contributed by atoms with Gasteiger partial charge in [-0.05, 0) is 37.5 Å². The molecule has 46 heavy (non-hydrogen) atoms. The summed E-state index contributed by atoms with van der Waals surface area (Å²) < 4.78 is 44.2. The molecule has 2 aromatic heterocycles. The number of amides is 2. The number of carbonyl (C=O) groups excluding carboxylic acids is 3. The van der Waals surface area contributed by atoms with Gasteiger partial charge in [-0.25, -0.2) is 15.0 Å². The molecule has 15 heteroatoms. The Balaban J connectivity index is 1.73. The molecule has 0 radical (unpaired) electrons. The number of nitrogens with zero attached hydrogens (tertiary/aromatic N) is 4. The van der Waals surface area contributed by atoms with Crippen molar-refractivity contribution in [1.29, 1.82) is 0 Å². The SMILES string of the molecule is CC(=O)O[C@H](CC(C(C)C)N(C)C(=O)CC1CCC1)c1nc(C(=O)N[C@@H](CCc2ncc(C(F)(F)F)cn2)C[C@H](C)C(=O)O)cs1. The molecule has 1 aliphatic rings. The van der Waals surface area contributed by atoms with Crippen molar-refractivity contribution in [2.75, 3.05) is 7.05 Å². The summed E-state index contributed by atoms with van der Waals surface area (Å²) in [6, 6.07) is -0.938. The fourth-order valence-corrected chi connectivity index (χ4v) is 6.12. The zero-order chi connectivity index (χ0) is 34.2. The number of hydrogen-bond donors (Lipinski definition) is 2. The van der Waals surface area contributed by atoms with Crippen LogP contribution in [0, 0.1) is 17.8 Å². The summed E-state index contributed by atoms with van der Waals surface area (Å²) in [5.41, 5.74) is -0.954. The number of alkyl halides is 3. The summed E-state index contributed by atoms with van der Waals surface area (Å²) in [6.07, 6.45) is 0.265. The highest BCUT2D eigenvalue weighted by Gasteiger charge is 2.33. The van der Waals surface area contributed by atoms with Crippen molar-refractivity contribution in [3.8, 4) is 0 Å². The molecule has 0 bridgehead atoms. The molecule has 11 nitrogen and oxygen atoms in total. The Morgan fingerprint density at radius 2 is 1.78 bits per heavy atom. The van der Waals surface area contributed by atoms with Gasteiger partial charge in [0.25, 0.3) is 5.91 Å². The first-order valence-corrected chi connectivity index (χ1v) is 16.2. The van der Waals surface area contributed by atoms with Crippen LogP contribution in [0.15, 0.2) is 17.8 Å². The van der Waals surface area contributed by atoms with Crippen LogP contribution in [-0.2, 0) is 31.7 Å². The van der Waals surface area contributed by atoms with E-state index >= 15 is 0 Å². The number of aryl methyl sites for hydroxylation is 1. The number of aromatic nitrogens is 3. The number of aliphatic carboxylic acids is 1. The van der Waals surface area contributed by atoms with Crippen molar-refractivity contribution in [1.82, 2.24) is 25.2 Å². The first-order chi connectivity index (χ1) is 21.5. The third-order valence-corrected chi connectivity index (χ3v) is 9.22. The van der Waals surface area contributed by atoms with Crippen LogP contribution < -0.4 is 5.32 Å². The van der Waals surface area contributed by atoms with Gasteiger partial charge in [0.05, 0.1) is 11.5 Å². The van der Waals surface area contributed by atoms with Gasteiger partial charge in [0, 0.05) is 63.1 Å². The number of esters is 1. The number of halogens is 3. The predicted molar refractivity (Wildman–Crippen MR) is 163 cm³/mol. The average molecular weight is 670 g/mol. The zero-order valence-corrected chi connectivity index (χ0v) is 27.5. The molecular formula is C31H42F3N5O6S. The first kappa shape index (κ1) is 36.8. The first-order valence-electron chi connectivity index (χ1n) is 15.3. The van der Waals surface area contributed by atoms with Crippen molar-refractivity contribution in [2.24, 2.45) is 17.8 Å². The van der Waals surface area contributed by atoms with Gasteiger partial charge in [0.2, 0.25) is 5.91 Å². The van der Waals surface area contributed by atoms with E-state index in [1.54, 1.807) is 11.9 Å². The van der Waals surface area contributed by atoms with Gasteiger partial charge in [-0.1, -0.05) is 27.2 Å². The lowest BCUT2D eigenvalue weighted by Crippen LogP contribution is -2.42. The van der Waals surface area contributed by atoms with Crippen LogP contribution in [0.1, 0.15) is 106 Å². The molecule has 2 heterocycles. The van der Waals surface area contributed by atoms with Crippen LogP contribution in [0.4, 0.5) is 13.2 Å². The van der Waals surface area contributed by atoms with Crippen LogP contribution in [-0.4, -0.2) is 67.8 Å². The third kappa shape index (κ3) is 10.7. The molecule has 1 fully saturated rings. The number of hydrogen-bond acceptors (Lipinski definition) is 9. The monoisotopic (exact) mass is 669 g/mol. The van der Waals surface area contributed by atoms with Crippen LogP contribution in [0.25, 0.3) is 0 Å². The second-order valence-electron chi connectivity index (χ2n) is 12.3. The summed E-state index contributed by atoms with van der Waals surface area (Å²) in [4.78, 5) is 63.5. The van der Waals surface area contributed by atoms with Crippen molar-refractivity contribution in [2.45, 2.75) is 103 Å². The number of carboxylic acids is 1. The summed E-state index contributed by atoms with van der Waals surface area (Å²) in [5.74, 6) is -2.42. The number of carboxylic acid groups (broad SMARTS) is 1. The van der Waals surface area contributed by atoms with Gasteiger partial charge in [-0.2, -0.15) is 13.2 Å². The van der Waals surface area contributed by atoms with E-state index in [1.807, 2.05) is 13.8 Å². The lowest BCUT2D eigenvalue weighted by molar-refractivity contribution is -0.148. The van der Waals surface area contributed by atoms with E-state index in [2.05, 4.69) is 20.3 Å². The molecule has 1 unspecified atom stereocenters. The smallest absolute Gasteiger partial charge is 0.419 e. The van der Waals surface area contributed by atoms with E-state index in [1.165, 1.54) is 19.2 Å². The third-order valence-electron chi connectivity index (χ3n) is 8.29. The Labute approximate surface area is 270 Å². The van der Waals surface area contributed by atoms with Crippen LogP contribution in [0.3, 0.4) is 0 Å². The zero-order valence-electron chi connectivity index (χ0n) is 26.7. The molecule has 254 valence electrons. The summed E-state index contributed by atoms with van der Waals surface area (Å²) in [7, 11) is 1.76. The molecule has 2 N–H and O–H groups in total. The Bertz CT molecular complexity index is 1350. The molecule has 0 aliphatic heterocycles. The summed E-state index contributed by atoms with van der Waals surface area (Å²) in [5, 5.41) is 14.1. The Morgan fingerprint density at radius 3 is 2.30 bits per heavy atom. The standard InChI is InChI=1S/C31H42F3N5O6S/c1-17(2)24(39(5)27(41)12-20-7-6-8-20)13-25(45-19(4)40)29-38-23(16-46-29)28(42)37-22(11-18(3)30(43)44)9-10-26-35-14-21(15-36-26)31(32,33)34/h14-18,20,22,24-25H,6-13H2,1-5H3,(H,37,42)(H,43,44)/t18-,22-,24?,25+/m0/s1. The second-order valence-corrected chi connectivity index (χ2v) is 13.2. The largest absolute Gasteiger partial charge is 0.481 e. The minimum Gasteiger partial charge on any atom is -0.481 e. The number of ether oxygens (including phenoxy) is 1. The van der Waals surface area contributed by atoms with Crippen LogP contribution >= 0.6 is 11.3 Å². The van der Waals surface area contributed by atoms with Gasteiger partial charge < -0.3 is 20.1 Å². The molecule has 0 spiro atoms. The molecule has 1 saturated carbocycles. The predicted octanol–water partition coefficient (Wildman–Crippen LogP) is 5.46. The second kappa shape index (κ2) is 16.3. The van der Waals surface area contributed by atoms with Gasteiger partial charge >= 0.3 is 18.1 Å². The van der Waals surface area contributed by atoms with E-state index in [4.69, 9.17) is 4.74 Å². The quantitative estimate of drug-likeness (QED) is 0.222. The van der Waals surface area contributed by atoms with Crippen molar-refractivity contribution < 1.29 is 42.2 Å². The van der Waals surface area contributed by atoms with Gasteiger partial charge in [0.1, 0.15) is 16.5 Å².